The number of unbranched alkanes of at least 4 members (excludes halogenated alkanes) is 21. The van der Waals surface area contributed by atoms with Crippen molar-refractivity contribution in [2.45, 2.75) is 244 Å². The van der Waals surface area contributed by atoms with E-state index in [0.717, 1.165) is 109 Å². The van der Waals surface area contributed by atoms with Gasteiger partial charge in [-0.2, -0.15) is 0 Å². The van der Waals surface area contributed by atoms with E-state index in [1.165, 1.54) is 103 Å². The fourth-order valence-corrected chi connectivity index (χ4v) is 8.81. The van der Waals surface area contributed by atoms with Gasteiger partial charge in [-0.25, -0.2) is 0 Å². The van der Waals surface area contributed by atoms with E-state index in [9.17, 15) is 19.4 Å². The van der Waals surface area contributed by atoms with Gasteiger partial charge in [-0.1, -0.05) is 250 Å². The first kappa shape index (κ1) is 72.6. The zero-order valence-electron chi connectivity index (χ0n) is 49.4. The molecule has 2 N–H and O–H groups in total. The summed E-state index contributed by atoms with van der Waals surface area (Å²) in [6.07, 6.45) is 85.4. The summed E-state index contributed by atoms with van der Waals surface area (Å²) in [5.74, 6) is -0.221. The summed E-state index contributed by atoms with van der Waals surface area (Å²) in [4.78, 5) is 25.5. The Morgan fingerprint density at radius 1 is 0.474 bits per heavy atom. The average Bonchev–Trinajstić information content (AvgIpc) is 3.38. The van der Waals surface area contributed by atoms with Crippen molar-refractivity contribution in [3.8, 4) is 0 Å². The second-order valence-electron chi connectivity index (χ2n) is 21.3. The number of quaternary nitrogens is 1. The Morgan fingerprint density at radius 3 is 1.22 bits per heavy atom. The fraction of sp³-hybridized carbons (Fsp3) is 0.657. The van der Waals surface area contributed by atoms with Crippen molar-refractivity contribution in [2.24, 2.45) is 0 Å². The number of likely N-dealkylation sites (N-methyl/N-ethyl adjacent to an activating group) is 1. The molecule has 0 aromatic carbocycles. The molecule has 0 aromatic heterocycles. The summed E-state index contributed by atoms with van der Waals surface area (Å²) >= 11 is 0. The molecule has 9 heteroatoms. The van der Waals surface area contributed by atoms with Gasteiger partial charge in [0.2, 0.25) is 5.91 Å². The molecule has 3 unspecified atom stereocenters. The van der Waals surface area contributed by atoms with Gasteiger partial charge in [0.05, 0.1) is 39.9 Å². The lowest BCUT2D eigenvalue weighted by Crippen LogP contribution is -2.45. The lowest BCUT2D eigenvalue weighted by molar-refractivity contribution is -0.870. The number of hydrogen-bond acceptors (Lipinski definition) is 6. The highest BCUT2D eigenvalue weighted by molar-refractivity contribution is 7.45. The summed E-state index contributed by atoms with van der Waals surface area (Å²) in [6.45, 7) is 4.49. The molecule has 0 fully saturated rings. The van der Waals surface area contributed by atoms with Crippen molar-refractivity contribution in [3.63, 3.8) is 0 Å². The number of carbonyl (C=O) groups excluding carboxylic acids is 1. The van der Waals surface area contributed by atoms with Crippen molar-refractivity contribution in [1.29, 1.82) is 0 Å². The molecular formula is C67H115N2O6P. The predicted octanol–water partition coefficient (Wildman–Crippen LogP) is 18.5. The second kappa shape index (κ2) is 56.4. The minimum absolute atomic E-state index is 0.0163. The maximum Gasteiger partial charge on any atom is 0.268 e. The van der Waals surface area contributed by atoms with Gasteiger partial charge in [-0.05, 0) is 109 Å². The smallest absolute Gasteiger partial charge is 0.268 e. The molecule has 3 atom stereocenters. The van der Waals surface area contributed by atoms with Crippen LogP contribution in [0, 0.1) is 0 Å². The molecule has 0 saturated heterocycles. The first-order valence-corrected chi connectivity index (χ1v) is 32.0. The van der Waals surface area contributed by atoms with Gasteiger partial charge in [0.15, 0.2) is 0 Å². The number of aliphatic hydroxyl groups excluding tert-OH is 1. The lowest BCUT2D eigenvalue weighted by atomic mass is 10.0. The Kier molecular flexibility index (Phi) is 53.9. The third kappa shape index (κ3) is 58.3. The van der Waals surface area contributed by atoms with Crippen LogP contribution >= 0.6 is 7.82 Å². The molecule has 8 nitrogen and oxygen atoms in total. The maximum absolute atomic E-state index is 13.0. The standard InChI is InChI=1S/C67H115N2O6P/c1-6-8-10-12-14-16-18-20-22-24-26-27-28-29-30-31-32-33-34-35-36-37-38-39-40-41-43-45-47-49-51-53-55-57-59-61-67(71)68-65(64-75-76(72,73)74-63-62-69(3,4)5)66(70)60-58-56-54-52-50-48-46-44-42-25-23-21-19-17-15-13-11-9-7-2/h8,10,14,16,20,22,26-27,29-30,32-33,35-36,38-39,42,44,50,52,58,60,65-66,70H,6-7,9,11-13,15,17-19,21,23-25,28,31,34,37,40-41,43,45-49,51,53-57,59,61-64H2,1-5H3,(H-,68,71,72,73)/b10-8-,16-14-,22-20-,27-26-,30-29-,33-32-,36-35-,39-38-,44-42+,52-50+,60-58+. The molecule has 76 heavy (non-hydrogen) atoms. The Labute approximate surface area is 468 Å². The topological polar surface area (TPSA) is 108 Å². The quantitative estimate of drug-likeness (QED) is 0.0272. The number of nitrogens with zero attached hydrogens (tertiary/aromatic N) is 1. The average molecular weight is 1080 g/mol. The monoisotopic (exact) mass is 1070 g/mol. The minimum atomic E-state index is -4.62. The molecule has 0 aliphatic heterocycles. The van der Waals surface area contributed by atoms with E-state index in [2.05, 4.69) is 141 Å². The van der Waals surface area contributed by atoms with Crippen LogP contribution in [0.2, 0.25) is 0 Å². The molecule has 0 heterocycles. The molecular weight excluding hydrogens is 960 g/mol. The van der Waals surface area contributed by atoms with E-state index in [0.29, 0.717) is 17.4 Å². The van der Waals surface area contributed by atoms with E-state index in [-0.39, 0.29) is 12.5 Å². The molecule has 0 rings (SSSR count). The number of aliphatic hydroxyl groups is 1. The Bertz CT molecular complexity index is 1700. The SMILES string of the molecule is CC/C=C\C/C=C\C/C=C\C/C=C\C/C=C\C/C=C\C/C=C\C/C=C\CCCCCCCCCCCCC(=O)NC(COP(=O)([O-])OCC[N+](C)(C)C)C(O)/C=C/CC/C=C/CC/C=C/CCCCCCCCCCC. The van der Waals surface area contributed by atoms with Crippen LogP contribution in [0.1, 0.15) is 232 Å². The van der Waals surface area contributed by atoms with Crippen molar-refractivity contribution in [1.82, 2.24) is 5.32 Å². The van der Waals surface area contributed by atoms with Crippen LogP contribution in [0.25, 0.3) is 0 Å². The molecule has 434 valence electrons. The number of carbonyl (C=O) groups is 1. The normalized spacial score (nSPS) is 14.8. The van der Waals surface area contributed by atoms with Gasteiger partial charge in [0.25, 0.3) is 7.82 Å². The van der Waals surface area contributed by atoms with Crippen molar-refractivity contribution in [2.75, 3.05) is 40.9 Å². The van der Waals surface area contributed by atoms with Crippen molar-refractivity contribution < 1.29 is 32.9 Å². The van der Waals surface area contributed by atoms with E-state index < -0.39 is 26.6 Å². The zero-order chi connectivity index (χ0) is 55.6. The minimum Gasteiger partial charge on any atom is -0.756 e. The van der Waals surface area contributed by atoms with E-state index in [1.54, 1.807) is 6.08 Å². The second-order valence-corrected chi connectivity index (χ2v) is 22.7. The first-order valence-electron chi connectivity index (χ1n) is 30.5. The fourth-order valence-electron chi connectivity index (χ4n) is 8.08. The highest BCUT2D eigenvalue weighted by atomic mass is 31.2. The van der Waals surface area contributed by atoms with Crippen LogP contribution in [0.4, 0.5) is 0 Å². The maximum atomic E-state index is 13.0. The number of phosphoric acid groups is 1. The van der Waals surface area contributed by atoms with Gasteiger partial charge in [-0.3, -0.25) is 9.36 Å². The molecule has 0 bridgehead atoms. The largest absolute Gasteiger partial charge is 0.756 e. The molecule has 0 aromatic rings. The summed E-state index contributed by atoms with van der Waals surface area (Å²) in [7, 11) is 1.22. The van der Waals surface area contributed by atoms with Crippen molar-refractivity contribution in [3.05, 3.63) is 134 Å². The number of nitrogens with one attached hydrogen (secondary N) is 1. The Balaban J connectivity index is 4.23. The van der Waals surface area contributed by atoms with Crippen molar-refractivity contribution >= 4 is 13.7 Å². The molecule has 1 amide bonds. The van der Waals surface area contributed by atoms with Crippen LogP contribution in [0.5, 0.6) is 0 Å². The molecule has 0 saturated carbocycles. The predicted molar refractivity (Wildman–Crippen MR) is 329 cm³/mol. The number of allylic oxidation sites excluding steroid dienone is 21. The summed E-state index contributed by atoms with van der Waals surface area (Å²) in [5, 5.41) is 13.9. The molecule has 0 aliphatic rings. The molecule has 0 radical (unpaired) electrons. The highest BCUT2D eigenvalue weighted by Gasteiger charge is 2.23. The number of rotatable bonds is 54. The lowest BCUT2D eigenvalue weighted by Gasteiger charge is -2.29. The van der Waals surface area contributed by atoms with E-state index in [1.807, 2.05) is 27.2 Å². The van der Waals surface area contributed by atoms with Gasteiger partial charge in [0.1, 0.15) is 13.2 Å². The molecule has 0 aliphatic carbocycles. The number of phosphoric ester groups is 1. The van der Waals surface area contributed by atoms with Gasteiger partial charge in [0, 0.05) is 6.42 Å². The third-order valence-corrected chi connectivity index (χ3v) is 13.8. The van der Waals surface area contributed by atoms with Gasteiger partial charge in [-0.15, -0.1) is 0 Å². The van der Waals surface area contributed by atoms with Crippen LogP contribution < -0.4 is 10.2 Å². The summed E-state index contributed by atoms with van der Waals surface area (Å²) in [6, 6.07) is -0.922. The zero-order valence-corrected chi connectivity index (χ0v) is 50.3. The van der Waals surface area contributed by atoms with Crippen LogP contribution in [-0.4, -0.2) is 68.5 Å². The number of amides is 1. The van der Waals surface area contributed by atoms with Crippen LogP contribution in [-0.2, 0) is 18.4 Å². The Morgan fingerprint density at radius 2 is 0.816 bits per heavy atom. The number of hydrogen-bond donors (Lipinski definition) is 2. The Hall–Kier alpha value is -3.36. The van der Waals surface area contributed by atoms with E-state index in [4.69, 9.17) is 9.05 Å². The summed E-state index contributed by atoms with van der Waals surface area (Å²) in [5.41, 5.74) is 0. The van der Waals surface area contributed by atoms with Gasteiger partial charge >= 0.3 is 0 Å². The van der Waals surface area contributed by atoms with Gasteiger partial charge < -0.3 is 28.8 Å². The first-order chi connectivity index (χ1) is 37.0. The van der Waals surface area contributed by atoms with Crippen LogP contribution in [0.3, 0.4) is 0 Å². The molecule has 0 spiro atoms. The highest BCUT2D eigenvalue weighted by Crippen LogP contribution is 2.38. The summed E-state index contributed by atoms with van der Waals surface area (Å²) < 4.78 is 23.3. The van der Waals surface area contributed by atoms with E-state index >= 15 is 0 Å². The van der Waals surface area contributed by atoms with Crippen LogP contribution in [0.15, 0.2) is 134 Å². The third-order valence-electron chi connectivity index (χ3n) is 12.8.